The number of aliphatic imine (C=N–C) groups is 1. The molecule has 3 heterocycles. The van der Waals surface area contributed by atoms with E-state index in [1.807, 2.05) is 18.2 Å². The third kappa shape index (κ3) is 5.00. The molecular formula is C21H29N5O3. The van der Waals surface area contributed by atoms with Gasteiger partial charge in [-0.1, -0.05) is 17.3 Å². The standard InChI is InChI=1S/C21H29N5O3/c1-2-22-21(26-10-8-25(9-11-26)16-18-7-14-29-24-18)23-15-17-5-3-6-19-20(17)28-13-4-12-27-19/h3,5-7,14H,2,4,8-13,15-16H2,1H3,(H,22,23). The van der Waals surface area contributed by atoms with Crippen LogP contribution in [0.2, 0.25) is 0 Å². The van der Waals surface area contributed by atoms with Gasteiger partial charge < -0.3 is 24.2 Å². The van der Waals surface area contributed by atoms with E-state index >= 15 is 0 Å². The van der Waals surface area contributed by atoms with Crippen LogP contribution in [0, 0.1) is 0 Å². The molecule has 1 N–H and O–H groups in total. The van der Waals surface area contributed by atoms with Crippen molar-refractivity contribution in [1.29, 1.82) is 0 Å². The van der Waals surface area contributed by atoms with Crippen LogP contribution >= 0.6 is 0 Å². The first-order valence-electron chi connectivity index (χ1n) is 10.4. The molecule has 4 rings (SSSR count). The van der Waals surface area contributed by atoms with Crippen molar-refractivity contribution >= 4 is 5.96 Å². The summed E-state index contributed by atoms with van der Waals surface area (Å²) in [6, 6.07) is 7.96. The van der Waals surface area contributed by atoms with Crippen LogP contribution in [0.15, 0.2) is 40.0 Å². The van der Waals surface area contributed by atoms with Crippen molar-refractivity contribution in [2.24, 2.45) is 4.99 Å². The molecule has 1 aromatic heterocycles. The van der Waals surface area contributed by atoms with Gasteiger partial charge in [0.05, 0.1) is 25.5 Å². The molecule has 2 aliphatic heterocycles. The third-order valence-corrected chi connectivity index (χ3v) is 5.14. The Kier molecular flexibility index (Phi) is 6.51. The molecule has 0 aliphatic carbocycles. The normalized spacial score (nSPS) is 17.8. The maximum Gasteiger partial charge on any atom is 0.194 e. The maximum atomic E-state index is 5.93. The lowest BCUT2D eigenvalue weighted by Crippen LogP contribution is -2.52. The number of piperazine rings is 1. The summed E-state index contributed by atoms with van der Waals surface area (Å²) in [6.07, 6.45) is 2.53. The molecule has 2 aliphatic rings. The van der Waals surface area contributed by atoms with E-state index in [0.717, 1.165) is 74.4 Å². The molecule has 0 bridgehead atoms. The van der Waals surface area contributed by atoms with Crippen molar-refractivity contribution in [3.05, 3.63) is 41.8 Å². The molecule has 0 spiro atoms. The van der Waals surface area contributed by atoms with Crippen LogP contribution in [0.25, 0.3) is 0 Å². The van der Waals surface area contributed by atoms with E-state index in [2.05, 4.69) is 33.3 Å². The molecule has 0 unspecified atom stereocenters. The first-order chi connectivity index (χ1) is 14.3. The van der Waals surface area contributed by atoms with Crippen LogP contribution in [0.1, 0.15) is 24.6 Å². The van der Waals surface area contributed by atoms with E-state index in [1.165, 1.54) is 0 Å². The molecule has 8 nitrogen and oxygen atoms in total. The Morgan fingerprint density at radius 2 is 2.00 bits per heavy atom. The van der Waals surface area contributed by atoms with E-state index in [-0.39, 0.29) is 0 Å². The molecule has 0 saturated carbocycles. The number of hydrogen-bond acceptors (Lipinski definition) is 6. The Hall–Kier alpha value is -2.74. The van der Waals surface area contributed by atoms with E-state index in [0.29, 0.717) is 19.8 Å². The minimum Gasteiger partial charge on any atom is -0.490 e. The first-order valence-corrected chi connectivity index (χ1v) is 10.4. The largest absolute Gasteiger partial charge is 0.490 e. The van der Waals surface area contributed by atoms with Crippen molar-refractivity contribution < 1.29 is 14.0 Å². The molecule has 29 heavy (non-hydrogen) atoms. The second-order valence-corrected chi connectivity index (χ2v) is 7.22. The average molecular weight is 399 g/mol. The average Bonchev–Trinajstić information content (AvgIpc) is 3.13. The Morgan fingerprint density at radius 3 is 2.79 bits per heavy atom. The van der Waals surface area contributed by atoms with E-state index < -0.39 is 0 Å². The fourth-order valence-corrected chi connectivity index (χ4v) is 3.63. The van der Waals surface area contributed by atoms with Gasteiger partial charge in [-0.15, -0.1) is 0 Å². The van der Waals surface area contributed by atoms with Crippen molar-refractivity contribution in [3.63, 3.8) is 0 Å². The van der Waals surface area contributed by atoms with Gasteiger partial charge in [-0.3, -0.25) is 4.90 Å². The molecule has 8 heteroatoms. The number of rotatable bonds is 5. The monoisotopic (exact) mass is 399 g/mol. The van der Waals surface area contributed by atoms with Crippen LogP contribution < -0.4 is 14.8 Å². The number of fused-ring (bicyclic) bond motifs is 1. The number of benzene rings is 1. The molecule has 0 amide bonds. The number of guanidine groups is 1. The lowest BCUT2D eigenvalue weighted by Gasteiger charge is -2.36. The lowest BCUT2D eigenvalue weighted by atomic mass is 10.2. The van der Waals surface area contributed by atoms with Gasteiger partial charge in [0.25, 0.3) is 0 Å². The fourth-order valence-electron chi connectivity index (χ4n) is 3.63. The molecule has 2 aromatic rings. The van der Waals surface area contributed by atoms with Gasteiger partial charge in [0.15, 0.2) is 17.5 Å². The zero-order valence-corrected chi connectivity index (χ0v) is 17.0. The van der Waals surface area contributed by atoms with Crippen molar-refractivity contribution in [1.82, 2.24) is 20.3 Å². The Bertz CT molecular complexity index is 801. The summed E-state index contributed by atoms with van der Waals surface area (Å²) in [6.45, 7) is 9.49. The van der Waals surface area contributed by atoms with E-state index in [4.69, 9.17) is 19.0 Å². The molecule has 1 saturated heterocycles. The van der Waals surface area contributed by atoms with E-state index in [1.54, 1.807) is 6.26 Å². The molecule has 156 valence electrons. The van der Waals surface area contributed by atoms with Gasteiger partial charge in [-0.25, -0.2) is 4.99 Å². The van der Waals surface area contributed by atoms with Crippen LogP contribution in [-0.2, 0) is 13.1 Å². The van der Waals surface area contributed by atoms with Gasteiger partial charge in [-0.05, 0) is 13.0 Å². The molecule has 0 atom stereocenters. The summed E-state index contributed by atoms with van der Waals surface area (Å²) in [7, 11) is 0. The van der Waals surface area contributed by atoms with E-state index in [9.17, 15) is 0 Å². The predicted octanol–water partition coefficient (Wildman–Crippen LogP) is 2.12. The maximum absolute atomic E-state index is 5.93. The third-order valence-electron chi connectivity index (χ3n) is 5.14. The number of hydrogen-bond donors (Lipinski definition) is 1. The van der Waals surface area contributed by atoms with Crippen LogP contribution in [-0.4, -0.2) is 66.9 Å². The van der Waals surface area contributed by atoms with Crippen molar-refractivity contribution in [2.45, 2.75) is 26.4 Å². The Morgan fingerprint density at radius 1 is 1.14 bits per heavy atom. The predicted molar refractivity (Wildman–Crippen MR) is 110 cm³/mol. The summed E-state index contributed by atoms with van der Waals surface area (Å²) in [5.74, 6) is 2.60. The second kappa shape index (κ2) is 9.65. The van der Waals surface area contributed by atoms with Gasteiger partial charge in [0, 0.05) is 57.3 Å². The van der Waals surface area contributed by atoms with Crippen molar-refractivity contribution in [3.8, 4) is 11.5 Å². The summed E-state index contributed by atoms with van der Waals surface area (Å²) >= 11 is 0. The number of aromatic nitrogens is 1. The molecule has 0 radical (unpaired) electrons. The highest BCUT2D eigenvalue weighted by Gasteiger charge is 2.21. The highest BCUT2D eigenvalue weighted by Crippen LogP contribution is 2.33. The number of ether oxygens (including phenoxy) is 2. The summed E-state index contributed by atoms with van der Waals surface area (Å²) in [4.78, 5) is 9.61. The zero-order valence-electron chi connectivity index (χ0n) is 17.0. The zero-order chi connectivity index (χ0) is 19.9. The molecule has 1 aromatic carbocycles. The summed E-state index contributed by atoms with van der Waals surface area (Å²) < 4.78 is 16.7. The van der Waals surface area contributed by atoms with Gasteiger partial charge in [-0.2, -0.15) is 0 Å². The topological polar surface area (TPSA) is 75.4 Å². The highest BCUT2D eigenvalue weighted by atomic mass is 16.5. The van der Waals surface area contributed by atoms with Gasteiger partial charge in [0.1, 0.15) is 6.26 Å². The molecule has 1 fully saturated rings. The minimum atomic E-state index is 0.564. The van der Waals surface area contributed by atoms with Crippen LogP contribution in [0.4, 0.5) is 0 Å². The SMILES string of the molecule is CCNC(=NCc1cccc2c1OCCCO2)N1CCN(Cc2ccon2)CC1. The smallest absolute Gasteiger partial charge is 0.194 e. The summed E-state index contributed by atoms with van der Waals surface area (Å²) in [5.41, 5.74) is 2.04. The summed E-state index contributed by atoms with van der Waals surface area (Å²) in [5, 5.41) is 7.44. The lowest BCUT2D eigenvalue weighted by molar-refractivity contribution is 0.169. The first kappa shape index (κ1) is 19.6. The fraction of sp³-hybridized carbons (Fsp3) is 0.524. The van der Waals surface area contributed by atoms with Gasteiger partial charge >= 0.3 is 0 Å². The minimum absolute atomic E-state index is 0.564. The molecular weight excluding hydrogens is 370 g/mol. The van der Waals surface area contributed by atoms with Crippen LogP contribution in [0.3, 0.4) is 0 Å². The van der Waals surface area contributed by atoms with Crippen LogP contribution in [0.5, 0.6) is 11.5 Å². The number of para-hydroxylation sites is 1. The Balaban J connectivity index is 1.40. The highest BCUT2D eigenvalue weighted by molar-refractivity contribution is 5.80. The Labute approximate surface area is 171 Å². The number of nitrogens with zero attached hydrogens (tertiary/aromatic N) is 4. The second-order valence-electron chi connectivity index (χ2n) is 7.22. The van der Waals surface area contributed by atoms with Gasteiger partial charge in [0.2, 0.25) is 0 Å². The quantitative estimate of drug-likeness (QED) is 0.610. The number of nitrogens with one attached hydrogen (secondary N) is 1. The van der Waals surface area contributed by atoms with Crippen molar-refractivity contribution in [2.75, 3.05) is 45.9 Å².